The van der Waals surface area contributed by atoms with Gasteiger partial charge in [-0.25, -0.2) is 9.37 Å². The van der Waals surface area contributed by atoms with Crippen LogP contribution in [0.25, 0.3) is 11.3 Å². The Bertz CT molecular complexity index is 1410. The zero-order chi connectivity index (χ0) is 28.0. The minimum absolute atomic E-state index is 0.0433. The molecule has 0 bridgehead atoms. The summed E-state index contributed by atoms with van der Waals surface area (Å²) in [5.74, 6) is -0.429. The number of anilines is 2. The molecule has 4 rings (SSSR count). The van der Waals surface area contributed by atoms with Gasteiger partial charge in [0.15, 0.2) is 5.13 Å². The van der Waals surface area contributed by atoms with Crippen LogP contribution in [0.2, 0.25) is 0 Å². The molecule has 202 valence electrons. The lowest BCUT2D eigenvalue weighted by Gasteiger charge is -2.26. The summed E-state index contributed by atoms with van der Waals surface area (Å²) < 4.78 is 13.4. The molecule has 0 aliphatic heterocycles. The molecule has 0 aliphatic carbocycles. The summed E-state index contributed by atoms with van der Waals surface area (Å²) in [7, 11) is 0. The summed E-state index contributed by atoms with van der Waals surface area (Å²) in [6, 6.07) is 22.4. The molecule has 0 saturated carbocycles. The number of nitrogens with zero attached hydrogens (tertiary/aromatic N) is 2. The van der Waals surface area contributed by atoms with Gasteiger partial charge in [-0.2, -0.15) is 0 Å². The van der Waals surface area contributed by atoms with Gasteiger partial charge in [-0.15, -0.1) is 11.3 Å². The molecule has 1 amide bonds. The second-order valence-corrected chi connectivity index (χ2v) is 11.1. The van der Waals surface area contributed by atoms with Crippen molar-refractivity contribution in [2.75, 3.05) is 11.4 Å². The van der Waals surface area contributed by atoms with Crippen molar-refractivity contribution in [2.45, 2.75) is 52.5 Å². The first-order chi connectivity index (χ1) is 18.7. The van der Waals surface area contributed by atoms with Gasteiger partial charge in [0.25, 0.3) is 5.91 Å². The molecule has 0 atom stereocenters. The smallest absolute Gasteiger partial charge is 0.251 e. The van der Waals surface area contributed by atoms with E-state index in [0.29, 0.717) is 25.1 Å². The number of nitrogens with one attached hydrogen (secondary N) is 1. The highest BCUT2D eigenvalue weighted by molar-refractivity contribution is 7.14. The maximum atomic E-state index is 13.4. The number of thiazole rings is 1. The van der Waals surface area contributed by atoms with Crippen LogP contribution in [0.3, 0.4) is 0 Å². The van der Waals surface area contributed by atoms with Gasteiger partial charge in [0, 0.05) is 35.2 Å². The van der Waals surface area contributed by atoms with E-state index in [0.717, 1.165) is 34.1 Å². The lowest BCUT2D eigenvalue weighted by molar-refractivity contribution is -0.116. The molecule has 0 radical (unpaired) electrons. The third-order valence-electron chi connectivity index (χ3n) is 7.03. The Labute approximate surface area is 233 Å². The molecule has 1 N–H and O–H groups in total. The molecule has 0 spiro atoms. The second-order valence-electron chi connectivity index (χ2n) is 10.3. The maximum absolute atomic E-state index is 13.4. The third kappa shape index (κ3) is 7.18. The van der Waals surface area contributed by atoms with E-state index >= 15 is 0 Å². The van der Waals surface area contributed by atoms with Gasteiger partial charge in [0.05, 0.1) is 12.2 Å². The predicted octanol–water partition coefficient (Wildman–Crippen LogP) is 7.68. The molecule has 0 saturated heterocycles. The lowest BCUT2D eigenvalue weighted by atomic mass is 9.82. The summed E-state index contributed by atoms with van der Waals surface area (Å²) in [4.78, 5) is 30.6. The van der Waals surface area contributed by atoms with Gasteiger partial charge < -0.3 is 10.2 Å². The Balaban J connectivity index is 1.60. The third-order valence-corrected chi connectivity index (χ3v) is 7.89. The summed E-state index contributed by atoms with van der Waals surface area (Å²) in [5, 5.41) is 5.59. The highest BCUT2D eigenvalue weighted by Crippen LogP contribution is 2.35. The minimum Gasteiger partial charge on any atom is -0.352 e. The first-order valence-electron chi connectivity index (χ1n) is 13.1. The van der Waals surface area contributed by atoms with Crippen LogP contribution in [0.5, 0.6) is 0 Å². The molecule has 1 aromatic heterocycles. The molecule has 0 fully saturated rings. The SMILES string of the molecule is CCC(C)(C)c1ccc(N(Cc2ccc(C(=O)NCCC(C)=O)cc2)c2nc(-c3ccc(F)cc3)cs2)cc1. The van der Waals surface area contributed by atoms with E-state index in [1.165, 1.54) is 36.0 Å². The van der Waals surface area contributed by atoms with Crippen LogP contribution in [0.15, 0.2) is 78.2 Å². The van der Waals surface area contributed by atoms with Crippen molar-refractivity contribution in [1.29, 1.82) is 0 Å². The Kier molecular flexibility index (Phi) is 8.92. The van der Waals surface area contributed by atoms with Crippen molar-refractivity contribution in [2.24, 2.45) is 0 Å². The van der Waals surface area contributed by atoms with E-state index in [2.05, 4.69) is 55.3 Å². The number of Topliss-reactive ketones (excluding diaryl/α,β-unsaturated/α-hetero) is 1. The van der Waals surface area contributed by atoms with Gasteiger partial charge >= 0.3 is 0 Å². The second kappa shape index (κ2) is 12.3. The van der Waals surface area contributed by atoms with Crippen LogP contribution in [-0.2, 0) is 16.8 Å². The largest absolute Gasteiger partial charge is 0.352 e. The average Bonchev–Trinajstić information content (AvgIpc) is 3.42. The van der Waals surface area contributed by atoms with E-state index in [9.17, 15) is 14.0 Å². The first kappa shape index (κ1) is 28.2. The van der Waals surface area contributed by atoms with Gasteiger partial charge in [-0.3, -0.25) is 9.59 Å². The van der Waals surface area contributed by atoms with Crippen molar-refractivity contribution in [1.82, 2.24) is 10.3 Å². The lowest BCUT2D eigenvalue weighted by Crippen LogP contribution is -2.25. The first-order valence-corrected chi connectivity index (χ1v) is 14.0. The molecule has 39 heavy (non-hydrogen) atoms. The van der Waals surface area contributed by atoms with E-state index < -0.39 is 0 Å². The minimum atomic E-state index is -0.276. The predicted molar refractivity (Wildman–Crippen MR) is 157 cm³/mol. The molecule has 5 nitrogen and oxygen atoms in total. The van der Waals surface area contributed by atoms with E-state index in [1.807, 2.05) is 17.5 Å². The van der Waals surface area contributed by atoms with Crippen LogP contribution in [-0.4, -0.2) is 23.2 Å². The number of hydrogen-bond acceptors (Lipinski definition) is 5. The Hall–Kier alpha value is -3.84. The number of carbonyl (C=O) groups is 2. The molecular formula is C32H34FN3O2S. The Morgan fingerprint density at radius 1 is 0.974 bits per heavy atom. The maximum Gasteiger partial charge on any atom is 0.251 e. The van der Waals surface area contributed by atoms with Crippen molar-refractivity contribution in [3.63, 3.8) is 0 Å². The molecule has 4 aromatic rings. The summed E-state index contributed by atoms with van der Waals surface area (Å²) in [5.41, 5.74) is 5.60. The van der Waals surface area contributed by atoms with E-state index in [1.54, 1.807) is 24.3 Å². The fourth-order valence-electron chi connectivity index (χ4n) is 4.11. The molecule has 1 heterocycles. The standard InChI is InChI=1S/C32H34FN3O2S/c1-5-32(3,4)26-12-16-28(17-13-26)36(31-35-29(21-39-31)24-10-14-27(33)15-11-24)20-23-6-8-25(9-7-23)30(38)34-19-18-22(2)37/h6-17,21H,5,18-20H2,1-4H3,(H,34,38). The van der Waals surface area contributed by atoms with Crippen molar-refractivity contribution < 1.29 is 14.0 Å². The number of halogens is 1. The number of benzene rings is 3. The summed E-state index contributed by atoms with van der Waals surface area (Å²) in [6.45, 7) is 9.07. The topological polar surface area (TPSA) is 62.3 Å². The summed E-state index contributed by atoms with van der Waals surface area (Å²) in [6.07, 6.45) is 1.36. The normalized spacial score (nSPS) is 11.3. The Morgan fingerprint density at radius 2 is 1.64 bits per heavy atom. The van der Waals surface area contributed by atoms with Crippen LogP contribution < -0.4 is 10.2 Å². The van der Waals surface area contributed by atoms with Crippen LogP contribution >= 0.6 is 11.3 Å². The monoisotopic (exact) mass is 543 g/mol. The van der Waals surface area contributed by atoms with Gasteiger partial charge in [0.2, 0.25) is 0 Å². The molecular weight excluding hydrogens is 509 g/mol. The van der Waals surface area contributed by atoms with Crippen molar-refractivity contribution >= 4 is 33.8 Å². The number of aromatic nitrogens is 1. The fraction of sp³-hybridized carbons (Fsp3) is 0.281. The van der Waals surface area contributed by atoms with E-state index in [-0.39, 0.29) is 22.9 Å². The molecule has 0 aliphatic rings. The van der Waals surface area contributed by atoms with Gasteiger partial charge in [-0.1, -0.05) is 45.0 Å². The zero-order valence-electron chi connectivity index (χ0n) is 22.8. The number of amides is 1. The molecule has 3 aromatic carbocycles. The van der Waals surface area contributed by atoms with Crippen molar-refractivity contribution in [3.8, 4) is 11.3 Å². The van der Waals surface area contributed by atoms with Gasteiger partial charge in [-0.05, 0) is 78.4 Å². The molecule has 0 unspecified atom stereocenters. The quantitative estimate of drug-likeness (QED) is 0.211. The number of rotatable bonds is 11. The zero-order valence-corrected chi connectivity index (χ0v) is 23.6. The van der Waals surface area contributed by atoms with Crippen LogP contribution in [0.4, 0.5) is 15.2 Å². The Morgan fingerprint density at radius 3 is 2.26 bits per heavy atom. The number of hydrogen-bond donors (Lipinski definition) is 1. The highest BCUT2D eigenvalue weighted by Gasteiger charge is 2.20. The van der Waals surface area contributed by atoms with Crippen LogP contribution in [0, 0.1) is 5.82 Å². The fourth-order valence-corrected chi connectivity index (χ4v) is 4.96. The van der Waals surface area contributed by atoms with Crippen LogP contribution in [0.1, 0.15) is 62.0 Å². The average molecular weight is 544 g/mol. The van der Waals surface area contributed by atoms with Crippen molar-refractivity contribution in [3.05, 3.63) is 101 Å². The number of ketones is 1. The van der Waals surface area contributed by atoms with Gasteiger partial charge in [0.1, 0.15) is 11.6 Å². The highest BCUT2D eigenvalue weighted by atomic mass is 32.1. The number of carbonyl (C=O) groups excluding carboxylic acids is 2. The summed E-state index contributed by atoms with van der Waals surface area (Å²) >= 11 is 1.53. The van der Waals surface area contributed by atoms with E-state index in [4.69, 9.17) is 4.98 Å². The molecule has 7 heteroatoms.